The minimum Gasteiger partial charge on any atom is -0.478 e. The van der Waals surface area contributed by atoms with Crippen LogP contribution in [0.2, 0.25) is 5.02 Å². The molecule has 0 radical (unpaired) electrons. The van der Waals surface area contributed by atoms with Crippen molar-refractivity contribution in [1.82, 2.24) is 4.90 Å². The van der Waals surface area contributed by atoms with Crippen LogP contribution in [0.25, 0.3) is 0 Å². The summed E-state index contributed by atoms with van der Waals surface area (Å²) in [6, 6.07) is 1.95. The summed E-state index contributed by atoms with van der Waals surface area (Å²) in [7, 11) is 2.82. The number of carboxylic acid groups (broad SMARTS) is 1. The average Bonchev–Trinajstić information content (AvgIpc) is 2.58. The van der Waals surface area contributed by atoms with Gasteiger partial charge in [0.05, 0.1) is 29.8 Å². The lowest BCUT2D eigenvalue weighted by Crippen LogP contribution is -2.39. The molecule has 0 spiro atoms. The van der Waals surface area contributed by atoms with Crippen molar-refractivity contribution in [2.45, 2.75) is 19.0 Å². The molecular weight excluding hydrogens is 312 g/mol. The number of esters is 1. The molecule has 1 heterocycles. The molecule has 0 saturated carbocycles. The van der Waals surface area contributed by atoms with Crippen LogP contribution in [0.1, 0.15) is 22.3 Å². The maximum atomic E-state index is 12.3. The fourth-order valence-corrected chi connectivity index (χ4v) is 2.59. The molecule has 1 aromatic rings. The Morgan fingerprint density at radius 3 is 2.77 bits per heavy atom. The first-order chi connectivity index (χ1) is 10.3. The van der Waals surface area contributed by atoms with Crippen molar-refractivity contribution in [1.29, 1.82) is 0 Å². The number of amides is 1. The SMILES string of the molecule is COC(=O)CC1Nc2c(Cl)cc(C(=O)O)cc2CN(C)C1=O. The Labute approximate surface area is 131 Å². The van der Waals surface area contributed by atoms with Gasteiger partial charge in [0.25, 0.3) is 0 Å². The highest BCUT2D eigenvalue weighted by molar-refractivity contribution is 6.34. The first-order valence-corrected chi connectivity index (χ1v) is 6.85. The third-order valence-corrected chi connectivity index (χ3v) is 3.72. The van der Waals surface area contributed by atoms with Gasteiger partial charge < -0.3 is 20.1 Å². The Morgan fingerprint density at radius 1 is 1.50 bits per heavy atom. The van der Waals surface area contributed by atoms with Crippen molar-refractivity contribution in [3.63, 3.8) is 0 Å². The van der Waals surface area contributed by atoms with Crippen LogP contribution < -0.4 is 5.32 Å². The fourth-order valence-electron chi connectivity index (χ4n) is 2.30. The van der Waals surface area contributed by atoms with Crippen LogP contribution in [0.4, 0.5) is 5.69 Å². The summed E-state index contributed by atoms with van der Waals surface area (Å²) in [6.45, 7) is 0.194. The molecule has 0 aromatic heterocycles. The monoisotopic (exact) mass is 326 g/mol. The second kappa shape index (κ2) is 6.23. The van der Waals surface area contributed by atoms with Gasteiger partial charge in [-0.2, -0.15) is 0 Å². The molecule has 22 heavy (non-hydrogen) atoms. The van der Waals surface area contributed by atoms with Crippen LogP contribution in [0.5, 0.6) is 0 Å². The fraction of sp³-hybridized carbons (Fsp3) is 0.357. The molecule has 8 heteroatoms. The van der Waals surface area contributed by atoms with Crippen molar-refractivity contribution in [2.24, 2.45) is 0 Å². The number of fused-ring (bicyclic) bond motifs is 1. The van der Waals surface area contributed by atoms with E-state index >= 15 is 0 Å². The quantitative estimate of drug-likeness (QED) is 0.814. The zero-order valence-electron chi connectivity index (χ0n) is 12.1. The van der Waals surface area contributed by atoms with Gasteiger partial charge >= 0.3 is 11.9 Å². The second-order valence-electron chi connectivity index (χ2n) is 4.97. The van der Waals surface area contributed by atoms with E-state index in [1.807, 2.05) is 0 Å². The minimum atomic E-state index is -1.10. The molecule has 0 saturated heterocycles. The van der Waals surface area contributed by atoms with Gasteiger partial charge in [-0.3, -0.25) is 9.59 Å². The number of methoxy groups -OCH3 is 1. The molecule has 0 aliphatic carbocycles. The molecule has 118 valence electrons. The number of carboxylic acids is 1. The van der Waals surface area contributed by atoms with Gasteiger partial charge in [-0.05, 0) is 17.7 Å². The molecule has 1 aliphatic rings. The van der Waals surface area contributed by atoms with Crippen molar-refractivity contribution < 1.29 is 24.2 Å². The van der Waals surface area contributed by atoms with E-state index in [1.54, 1.807) is 7.05 Å². The van der Waals surface area contributed by atoms with E-state index < -0.39 is 18.0 Å². The van der Waals surface area contributed by atoms with E-state index in [9.17, 15) is 14.4 Å². The topological polar surface area (TPSA) is 95.9 Å². The summed E-state index contributed by atoms with van der Waals surface area (Å²) in [5.41, 5.74) is 1.07. The number of carbonyl (C=O) groups excluding carboxylic acids is 2. The van der Waals surface area contributed by atoms with Crippen molar-refractivity contribution in [3.05, 3.63) is 28.3 Å². The lowest BCUT2D eigenvalue weighted by molar-refractivity contribution is -0.143. The lowest BCUT2D eigenvalue weighted by atomic mass is 10.1. The van der Waals surface area contributed by atoms with Crippen LogP contribution >= 0.6 is 11.6 Å². The molecule has 0 fully saturated rings. The van der Waals surface area contributed by atoms with E-state index in [0.29, 0.717) is 11.3 Å². The maximum Gasteiger partial charge on any atom is 0.335 e. The van der Waals surface area contributed by atoms with E-state index in [2.05, 4.69) is 10.1 Å². The first kappa shape index (κ1) is 16.1. The van der Waals surface area contributed by atoms with Crippen LogP contribution in [-0.4, -0.2) is 48.1 Å². The van der Waals surface area contributed by atoms with Gasteiger partial charge in [0.1, 0.15) is 6.04 Å². The third-order valence-electron chi connectivity index (χ3n) is 3.42. The minimum absolute atomic E-state index is 0.0396. The zero-order chi connectivity index (χ0) is 16.4. The summed E-state index contributed by atoms with van der Waals surface area (Å²) in [6.07, 6.45) is -0.143. The summed E-state index contributed by atoms with van der Waals surface area (Å²) in [5, 5.41) is 12.2. The number of hydrogen-bond acceptors (Lipinski definition) is 5. The van der Waals surface area contributed by atoms with Crippen LogP contribution in [0, 0.1) is 0 Å². The second-order valence-corrected chi connectivity index (χ2v) is 5.38. The number of nitrogens with one attached hydrogen (secondary N) is 1. The van der Waals surface area contributed by atoms with Crippen molar-refractivity contribution in [3.8, 4) is 0 Å². The zero-order valence-corrected chi connectivity index (χ0v) is 12.8. The third kappa shape index (κ3) is 3.14. The number of aromatic carboxylic acids is 1. The molecule has 1 atom stereocenters. The first-order valence-electron chi connectivity index (χ1n) is 6.47. The normalized spacial score (nSPS) is 17.3. The smallest absolute Gasteiger partial charge is 0.335 e. The molecule has 7 nitrogen and oxygen atoms in total. The summed E-state index contributed by atoms with van der Waals surface area (Å²) in [5.74, 6) is -1.93. The Hall–Kier alpha value is -2.28. The van der Waals surface area contributed by atoms with Gasteiger partial charge in [-0.25, -0.2) is 4.79 Å². The van der Waals surface area contributed by atoms with Gasteiger partial charge in [0.2, 0.25) is 5.91 Å². The molecule has 2 N–H and O–H groups in total. The number of halogens is 1. The Kier molecular flexibility index (Phi) is 4.56. The molecule has 1 unspecified atom stereocenters. The van der Waals surface area contributed by atoms with Crippen LogP contribution in [0.15, 0.2) is 12.1 Å². The summed E-state index contributed by atoms with van der Waals surface area (Å²) >= 11 is 6.12. The molecule has 0 bridgehead atoms. The number of carbonyl (C=O) groups is 3. The van der Waals surface area contributed by atoms with Gasteiger partial charge in [-0.15, -0.1) is 0 Å². The summed E-state index contributed by atoms with van der Waals surface area (Å²) < 4.78 is 4.59. The number of anilines is 1. The largest absolute Gasteiger partial charge is 0.478 e. The maximum absolute atomic E-state index is 12.3. The number of rotatable bonds is 3. The Balaban J connectivity index is 2.43. The molecular formula is C14H15ClN2O5. The van der Waals surface area contributed by atoms with Crippen molar-refractivity contribution in [2.75, 3.05) is 19.5 Å². The van der Waals surface area contributed by atoms with E-state index in [0.717, 1.165) is 0 Å². The molecule has 1 aliphatic heterocycles. The number of nitrogens with zero attached hydrogens (tertiary/aromatic N) is 1. The van der Waals surface area contributed by atoms with E-state index in [4.69, 9.17) is 16.7 Å². The average molecular weight is 327 g/mol. The van der Waals surface area contributed by atoms with E-state index in [-0.39, 0.29) is 29.5 Å². The molecule has 1 aromatic carbocycles. The number of benzene rings is 1. The highest BCUT2D eigenvalue weighted by Gasteiger charge is 2.30. The molecule has 1 amide bonds. The standard InChI is InChI=1S/C14H15ClN2O5/c1-17-6-8-3-7(14(20)21)4-9(15)12(8)16-10(13(17)19)5-11(18)22-2/h3-4,10,16H,5-6H2,1-2H3,(H,20,21). The number of hydrogen-bond donors (Lipinski definition) is 2. The molecule has 2 rings (SSSR count). The highest BCUT2D eigenvalue weighted by Crippen LogP contribution is 2.32. The predicted octanol–water partition coefficient (Wildman–Crippen LogP) is 1.35. The van der Waals surface area contributed by atoms with Crippen LogP contribution in [0.3, 0.4) is 0 Å². The Morgan fingerprint density at radius 2 is 2.18 bits per heavy atom. The lowest BCUT2D eigenvalue weighted by Gasteiger charge is -2.19. The van der Waals surface area contributed by atoms with Crippen molar-refractivity contribution >= 4 is 35.1 Å². The summed E-state index contributed by atoms with van der Waals surface area (Å²) in [4.78, 5) is 36.2. The van der Waals surface area contributed by atoms with Gasteiger partial charge in [0.15, 0.2) is 0 Å². The van der Waals surface area contributed by atoms with Crippen LogP contribution in [-0.2, 0) is 20.9 Å². The Bertz CT molecular complexity index is 646. The number of ether oxygens (including phenoxy) is 1. The number of likely N-dealkylation sites (N-methyl/N-ethyl adjacent to an activating group) is 1. The van der Waals surface area contributed by atoms with Gasteiger partial charge in [-0.1, -0.05) is 11.6 Å². The van der Waals surface area contributed by atoms with Gasteiger partial charge in [0, 0.05) is 13.6 Å². The highest BCUT2D eigenvalue weighted by atomic mass is 35.5. The van der Waals surface area contributed by atoms with E-state index in [1.165, 1.54) is 24.1 Å². The predicted molar refractivity (Wildman–Crippen MR) is 78.9 cm³/mol.